The Kier molecular flexibility index (Phi) is 2.86. The normalized spacial score (nSPS) is 13.3. The average molecular weight is 227 g/mol. The molecule has 0 radical (unpaired) electrons. The Balaban J connectivity index is 2.48. The molecular weight excluding hydrogens is 216 g/mol. The topological polar surface area (TPSA) is 76.4 Å². The number of fused-ring (bicyclic) bond motifs is 1. The molecular formula is C9H11ClN4O. The Labute approximate surface area is 91.5 Å². The van der Waals surface area contributed by atoms with E-state index in [1.807, 2.05) is 0 Å². The third kappa shape index (κ3) is 1.81. The highest BCUT2D eigenvalue weighted by Crippen LogP contribution is 2.24. The van der Waals surface area contributed by atoms with Gasteiger partial charge in [-0.05, 0) is 13.0 Å². The van der Waals surface area contributed by atoms with Crippen molar-refractivity contribution in [2.75, 3.05) is 6.54 Å². The van der Waals surface area contributed by atoms with Crippen molar-refractivity contribution in [3.8, 4) is 0 Å². The second-order valence-corrected chi connectivity index (χ2v) is 3.54. The van der Waals surface area contributed by atoms with Gasteiger partial charge in [0, 0.05) is 12.4 Å². The standard InChI is InChI=1S/C9H11ClN4O/c10-9-8(6(15)1-2-11)13-7-5-12-3-4-14(7)9/h3-6,15H,1-2,11H2. The highest BCUT2D eigenvalue weighted by Gasteiger charge is 2.17. The number of rotatable bonds is 3. The Hall–Kier alpha value is -1.17. The molecule has 0 bridgehead atoms. The van der Waals surface area contributed by atoms with Crippen LogP contribution < -0.4 is 5.73 Å². The second kappa shape index (κ2) is 4.14. The summed E-state index contributed by atoms with van der Waals surface area (Å²) in [6, 6.07) is 0. The number of aliphatic hydroxyl groups excluding tert-OH is 1. The lowest BCUT2D eigenvalue weighted by molar-refractivity contribution is 0.166. The van der Waals surface area contributed by atoms with Crippen LogP contribution in [0.25, 0.3) is 5.65 Å². The molecule has 15 heavy (non-hydrogen) atoms. The molecule has 80 valence electrons. The fraction of sp³-hybridized carbons (Fsp3) is 0.333. The fourth-order valence-electron chi connectivity index (χ4n) is 1.40. The van der Waals surface area contributed by atoms with Crippen molar-refractivity contribution in [1.82, 2.24) is 14.4 Å². The number of aliphatic hydroxyl groups is 1. The van der Waals surface area contributed by atoms with E-state index in [1.54, 1.807) is 23.0 Å². The molecule has 3 N–H and O–H groups in total. The summed E-state index contributed by atoms with van der Waals surface area (Å²) in [5.41, 5.74) is 6.43. The van der Waals surface area contributed by atoms with E-state index in [4.69, 9.17) is 17.3 Å². The van der Waals surface area contributed by atoms with Gasteiger partial charge in [-0.25, -0.2) is 4.98 Å². The van der Waals surface area contributed by atoms with E-state index in [9.17, 15) is 5.11 Å². The molecule has 2 aromatic rings. The molecule has 2 heterocycles. The van der Waals surface area contributed by atoms with E-state index < -0.39 is 6.10 Å². The Morgan fingerprint density at radius 3 is 3.07 bits per heavy atom. The molecule has 1 unspecified atom stereocenters. The summed E-state index contributed by atoms with van der Waals surface area (Å²) >= 11 is 6.06. The van der Waals surface area contributed by atoms with Gasteiger partial charge in [0.05, 0.1) is 6.20 Å². The molecule has 6 heteroatoms. The minimum atomic E-state index is -0.720. The highest BCUT2D eigenvalue weighted by atomic mass is 35.5. The summed E-state index contributed by atoms with van der Waals surface area (Å²) in [5, 5.41) is 10.2. The monoisotopic (exact) mass is 226 g/mol. The van der Waals surface area contributed by atoms with Crippen molar-refractivity contribution in [2.24, 2.45) is 5.73 Å². The average Bonchev–Trinajstić information content (AvgIpc) is 2.57. The van der Waals surface area contributed by atoms with Gasteiger partial charge in [0.1, 0.15) is 17.0 Å². The fourth-order valence-corrected chi connectivity index (χ4v) is 1.71. The van der Waals surface area contributed by atoms with Gasteiger partial charge >= 0.3 is 0 Å². The predicted octanol–water partition coefficient (Wildman–Crippen LogP) is 0.765. The van der Waals surface area contributed by atoms with Crippen molar-refractivity contribution < 1.29 is 5.11 Å². The quantitative estimate of drug-likeness (QED) is 0.811. The maximum atomic E-state index is 9.74. The first-order valence-electron chi connectivity index (χ1n) is 4.59. The van der Waals surface area contributed by atoms with Gasteiger partial charge in [0.15, 0.2) is 5.65 Å². The first-order valence-corrected chi connectivity index (χ1v) is 4.97. The van der Waals surface area contributed by atoms with E-state index in [0.29, 0.717) is 29.5 Å². The number of nitrogens with two attached hydrogens (primary N) is 1. The van der Waals surface area contributed by atoms with Crippen molar-refractivity contribution in [3.05, 3.63) is 29.4 Å². The maximum Gasteiger partial charge on any atom is 0.156 e. The zero-order chi connectivity index (χ0) is 10.8. The lowest BCUT2D eigenvalue weighted by atomic mass is 10.2. The molecule has 0 saturated carbocycles. The van der Waals surface area contributed by atoms with Crippen molar-refractivity contribution in [2.45, 2.75) is 12.5 Å². The molecule has 2 aromatic heterocycles. The molecule has 0 aliphatic rings. The molecule has 0 spiro atoms. The molecule has 2 rings (SSSR count). The van der Waals surface area contributed by atoms with E-state index in [2.05, 4.69) is 9.97 Å². The van der Waals surface area contributed by atoms with Crippen LogP contribution in [-0.4, -0.2) is 26.0 Å². The van der Waals surface area contributed by atoms with Crippen LogP contribution in [-0.2, 0) is 0 Å². The van der Waals surface area contributed by atoms with Crippen LogP contribution in [0.15, 0.2) is 18.6 Å². The Bertz CT molecular complexity index is 470. The van der Waals surface area contributed by atoms with Crippen LogP contribution in [0.2, 0.25) is 5.15 Å². The highest BCUT2D eigenvalue weighted by molar-refractivity contribution is 6.30. The predicted molar refractivity (Wildman–Crippen MR) is 56.6 cm³/mol. The molecule has 0 aliphatic heterocycles. The third-order valence-corrected chi connectivity index (χ3v) is 2.53. The van der Waals surface area contributed by atoms with Crippen molar-refractivity contribution >= 4 is 17.2 Å². The lowest BCUT2D eigenvalue weighted by Gasteiger charge is -2.05. The number of halogens is 1. The van der Waals surface area contributed by atoms with Gasteiger partial charge in [-0.3, -0.25) is 9.38 Å². The van der Waals surface area contributed by atoms with Gasteiger partial charge in [-0.1, -0.05) is 11.6 Å². The summed E-state index contributed by atoms with van der Waals surface area (Å²) < 4.78 is 1.67. The third-order valence-electron chi connectivity index (χ3n) is 2.15. The minimum absolute atomic E-state index is 0.392. The van der Waals surface area contributed by atoms with Crippen LogP contribution in [0.5, 0.6) is 0 Å². The zero-order valence-electron chi connectivity index (χ0n) is 7.97. The Morgan fingerprint density at radius 2 is 2.40 bits per heavy atom. The van der Waals surface area contributed by atoms with Crippen molar-refractivity contribution in [3.63, 3.8) is 0 Å². The number of hydrogen-bond donors (Lipinski definition) is 2. The Morgan fingerprint density at radius 1 is 1.60 bits per heavy atom. The van der Waals surface area contributed by atoms with Gasteiger partial charge < -0.3 is 10.8 Å². The van der Waals surface area contributed by atoms with Gasteiger partial charge in [0.2, 0.25) is 0 Å². The zero-order valence-corrected chi connectivity index (χ0v) is 8.72. The number of aromatic nitrogens is 3. The van der Waals surface area contributed by atoms with Crippen LogP contribution in [0.1, 0.15) is 18.2 Å². The van der Waals surface area contributed by atoms with Gasteiger partial charge in [-0.15, -0.1) is 0 Å². The number of imidazole rings is 1. The minimum Gasteiger partial charge on any atom is -0.387 e. The summed E-state index contributed by atoms with van der Waals surface area (Å²) in [6.07, 6.45) is 4.62. The first-order chi connectivity index (χ1) is 7.24. The van der Waals surface area contributed by atoms with E-state index in [1.165, 1.54) is 0 Å². The SMILES string of the molecule is NCCC(O)c1nc2cnccn2c1Cl. The summed E-state index contributed by atoms with van der Waals surface area (Å²) in [5.74, 6) is 0. The van der Waals surface area contributed by atoms with Gasteiger partial charge in [0.25, 0.3) is 0 Å². The van der Waals surface area contributed by atoms with Crippen molar-refractivity contribution in [1.29, 1.82) is 0 Å². The van der Waals surface area contributed by atoms with Crippen LogP contribution in [0.3, 0.4) is 0 Å². The molecule has 0 amide bonds. The molecule has 0 aromatic carbocycles. The largest absolute Gasteiger partial charge is 0.387 e. The summed E-state index contributed by atoms with van der Waals surface area (Å²) in [6.45, 7) is 0.392. The number of hydrogen-bond acceptors (Lipinski definition) is 4. The van der Waals surface area contributed by atoms with Gasteiger partial charge in [-0.2, -0.15) is 0 Å². The molecule has 5 nitrogen and oxygen atoms in total. The van der Waals surface area contributed by atoms with E-state index in [-0.39, 0.29) is 0 Å². The maximum absolute atomic E-state index is 9.74. The molecule has 0 aliphatic carbocycles. The molecule has 1 atom stereocenters. The summed E-state index contributed by atoms with van der Waals surface area (Å²) in [7, 11) is 0. The smallest absolute Gasteiger partial charge is 0.156 e. The van der Waals surface area contributed by atoms with E-state index in [0.717, 1.165) is 0 Å². The number of nitrogens with zero attached hydrogens (tertiary/aromatic N) is 3. The second-order valence-electron chi connectivity index (χ2n) is 3.19. The molecule has 0 saturated heterocycles. The van der Waals surface area contributed by atoms with Crippen LogP contribution in [0, 0.1) is 0 Å². The lowest BCUT2D eigenvalue weighted by Crippen LogP contribution is -2.07. The summed E-state index contributed by atoms with van der Waals surface area (Å²) in [4.78, 5) is 8.12. The first kappa shape index (κ1) is 10.4. The van der Waals surface area contributed by atoms with Crippen LogP contribution in [0.4, 0.5) is 0 Å². The van der Waals surface area contributed by atoms with E-state index >= 15 is 0 Å². The molecule has 0 fully saturated rings. The van der Waals surface area contributed by atoms with Crippen LogP contribution >= 0.6 is 11.6 Å².